The first-order chi connectivity index (χ1) is 10.1. The molecule has 0 saturated carbocycles. The zero-order valence-electron chi connectivity index (χ0n) is 11.8. The average Bonchev–Trinajstić information content (AvgIpc) is 2.98. The van der Waals surface area contributed by atoms with Crippen LogP contribution in [0.3, 0.4) is 0 Å². The molecule has 1 N–H and O–H groups in total. The van der Waals surface area contributed by atoms with Crippen molar-refractivity contribution in [3.8, 4) is 6.07 Å². The van der Waals surface area contributed by atoms with E-state index in [2.05, 4.69) is 5.32 Å². The van der Waals surface area contributed by atoms with Gasteiger partial charge in [0.1, 0.15) is 15.2 Å². The van der Waals surface area contributed by atoms with E-state index in [9.17, 15) is 8.42 Å². The van der Waals surface area contributed by atoms with Crippen molar-refractivity contribution >= 4 is 21.4 Å². The molecule has 1 unspecified atom stereocenters. The summed E-state index contributed by atoms with van der Waals surface area (Å²) in [5.41, 5.74) is 0.0961. The van der Waals surface area contributed by atoms with Gasteiger partial charge in [0, 0.05) is 19.6 Å². The lowest BCUT2D eigenvalue weighted by molar-refractivity contribution is 0.110. The van der Waals surface area contributed by atoms with E-state index < -0.39 is 10.0 Å². The number of nitrogens with zero attached hydrogens (tertiary/aromatic N) is 2. The number of piperidine rings is 2. The van der Waals surface area contributed by atoms with Crippen molar-refractivity contribution in [2.24, 2.45) is 5.41 Å². The average molecular weight is 325 g/mol. The highest BCUT2D eigenvalue weighted by molar-refractivity contribution is 7.91. The van der Waals surface area contributed by atoms with Crippen molar-refractivity contribution < 1.29 is 8.42 Å². The van der Waals surface area contributed by atoms with Crippen LogP contribution in [-0.4, -0.2) is 38.9 Å². The Kier molecular flexibility index (Phi) is 4.06. The van der Waals surface area contributed by atoms with E-state index in [0.717, 1.165) is 50.1 Å². The maximum Gasteiger partial charge on any atom is 0.252 e. The number of thiophene rings is 1. The topological polar surface area (TPSA) is 73.2 Å². The second-order valence-electron chi connectivity index (χ2n) is 5.95. The summed E-state index contributed by atoms with van der Waals surface area (Å²) in [6.07, 6.45) is 4.22. The molecule has 3 heterocycles. The van der Waals surface area contributed by atoms with Gasteiger partial charge in [-0.15, -0.1) is 11.3 Å². The summed E-state index contributed by atoms with van der Waals surface area (Å²) in [5.74, 6) is 0. The minimum absolute atomic E-state index is 0.0961. The minimum Gasteiger partial charge on any atom is -0.316 e. The molecule has 5 nitrogen and oxygen atoms in total. The fourth-order valence-electron chi connectivity index (χ4n) is 3.39. The molecule has 0 amide bonds. The van der Waals surface area contributed by atoms with Gasteiger partial charge >= 0.3 is 0 Å². The number of sulfonamides is 1. The zero-order valence-corrected chi connectivity index (χ0v) is 13.5. The van der Waals surface area contributed by atoms with Gasteiger partial charge in [0.2, 0.25) is 0 Å². The summed E-state index contributed by atoms with van der Waals surface area (Å²) in [7, 11) is -3.45. The minimum atomic E-state index is -3.45. The quantitative estimate of drug-likeness (QED) is 0.899. The van der Waals surface area contributed by atoms with Crippen molar-refractivity contribution in [1.82, 2.24) is 9.62 Å². The van der Waals surface area contributed by atoms with Crippen LogP contribution >= 0.6 is 11.3 Å². The van der Waals surface area contributed by atoms with Crippen molar-refractivity contribution in [1.29, 1.82) is 5.26 Å². The first-order valence-corrected chi connectivity index (χ1v) is 9.52. The van der Waals surface area contributed by atoms with Gasteiger partial charge < -0.3 is 5.32 Å². The number of rotatable bonds is 2. The first kappa shape index (κ1) is 15.0. The predicted octanol–water partition coefficient (Wildman–Crippen LogP) is 1.77. The van der Waals surface area contributed by atoms with E-state index in [1.807, 2.05) is 6.07 Å². The van der Waals surface area contributed by atoms with Crippen molar-refractivity contribution in [3.05, 3.63) is 17.0 Å². The van der Waals surface area contributed by atoms with Gasteiger partial charge in [0.25, 0.3) is 10.0 Å². The normalized spacial score (nSPS) is 27.6. The summed E-state index contributed by atoms with van der Waals surface area (Å²) >= 11 is 1.06. The molecule has 0 bridgehead atoms. The van der Waals surface area contributed by atoms with Gasteiger partial charge in [-0.2, -0.15) is 9.57 Å². The highest BCUT2D eigenvalue weighted by Crippen LogP contribution is 2.38. The summed E-state index contributed by atoms with van der Waals surface area (Å²) in [5, 5.41) is 12.3. The van der Waals surface area contributed by atoms with E-state index in [1.165, 1.54) is 0 Å². The number of hydrogen-bond acceptors (Lipinski definition) is 5. The molecule has 114 valence electrons. The van der Waals surface area contributed by atoms with Crippen LogP contribution in [0.15, 0.2) is 16.3 Å². The molecule has 0 aromatic carbocycles. The van der Waals surface area contributed by atoms with Gasteiger partial charge in [-0.1, -0.05) is 0 Å². The Balaban J connectivity index is 1.83. The Morgan fingerprint density at radius 2 is 2.14 bits per heavy atom. The van der Waals surface area contributed by atoms with Crippen LogP contribution in [0.25, 0.3) is 0 Å². The fraction of sp³-hybridized carbons (Fsp3) is 0.643. The lowest BCUT2D eigenvalue weighted by Crippen LogP contribution is -2.52. The third-order valence-electron chi connectivity index (χ3n) is 4.47. The highest BCUT2D eigenvalue weighted by atomic mass is 32.2. The van der Waals surface area contributed by atoms with Crippen LogP contribution in [-0.2, 0) is 10.0 Å². The van der Waals surface area contributed by atoms with E-state index in [0.29, 0.717) is 22.2 Å². The van der Waals surface area contributed by atoms with Crippen molar-refractivity contribution in [2.75, 3.05) is 26.2 Å². The van der Waals surface area contributed by atoms with Crippen LogP contribution in [0.4, 0.5) is 0 Å². The summed E-state index contributed by atoms with van der Waals surface area (Å²) in [6.45, 7) is 3.13. The fourth-order valence-corrected chi connectivity index (χ4v) is 6.24. The van der Waals surface area contributed by atoms with Crippen LogP contribution in [0.5, 0.6) is 0 Å². The van der Waals surface area contributed by atoms with Gasteiger partial charge in [-0.05, 0) is 49.8 Å². The molecule has 2 saturated heterocycles. The predicted molar refractivity (Wildman–Crippen MR) is 81.6 cm³/mol. The number of nitriles is 1. The first-order valence-electron chi connectivity index (χ1n) is 7.27. The molecule has 2 fully saturated rings. The zero-order chi connectivity index (χ0) is 14.9. The molecule has 1 spiro atoms. The molecule has 1 aromatic heterocycles. The standard InChI is InChI=1S/C14H19N3O2S2/c15-9-12-3-4-13(20-12)21(18,19)17-8-2-6-14(11-17)5-1-7-16-10-14/h3-4,16H,1-2,5-8,10-11H2. The third kappa shape index (κ3) is 2.86. The summed E-state index contributed by atoms with van der Waals surface area (Å²) in [6, 6.07) is 5.14. The second-order valence-corrected chi connectivity index (χ2v) is 9.20. The molecular weight excluding hydrogens is 306 g/mol. The second kappa shape index (κ2) is 5.69. The van der Waals surface area contributed by atoms with Crippen molar-refractivity contribution in [2.45, 2.75) is 29.9 Å². The molecule has 0 radical (unpaired) electrons. The molecule has 0 aliphatic carbocycles. The maximum absolute atomic E-state index is 12.7. The Morgan fingerprint density at radius 3 is 2.81 bits per heavy atom. The smallest absolute Gasteiger partial charge is 0.252 e. The van der Waals surface area contributed by atoms with Gasteiger partial charge in [-0.3, -0.25) is 0 Å². The van der Waals surface area contributed by atoms with E-state index >= 15 is 0 Å². The van der Waals surface area contributed by atoms with Crippen LogP contribution in [0.1, 0.15) is 30.6 Å². The van der Waals surface area contributed by atoms with Gasteiger partial charge in [-0.25, -0.2) is 8.42 Å². The van der Waals surface area contributed by atoms with Crippen LogP contribution in [0.2, 0.25) is 0 Å². The lowest BCUT2D eigenvalue weighted by Gasteiger charge is -2.44. The van der Waals surface area contributed by atoms with Crippen LogP contribution < -0.4 is 5.32 Å². The molecule has 21 heavy (non-hydrogen) atoms. The molecule has 2 aliphatic rings. The number of hydrogen-bond donors (Lipinski definition) is 1. The summed E-state index contributed by atoms with van der Waals surface area (Å²) < 4.78 is 27.4. The van der Waals surface area contributed by atoms with Crippen molar-refractivity contribution in [3.63, 3.8) is 0 Å². The van der Waals surface area contributed by atoms with E-state index in [-0.39, 0.29) is 5.41 Å². The van der Waals surface area contributed by atoms with Gasteiger partial charge in [0.05, 0.1) is 0 Å². The van der Waals surface area contributed by atoms with E-state index in [4.69, 9.17) is 5.26 Å². The Bertz CT molecular complexity index is 648. The summed E-state index contributed by atoms with van der Waals surface area (Å²) in [4.78, 5) is 0.444. The monoisotopic (exact) mass is 325 g/mol. The Hall–Kier alpha value is -0.940. The Labute approximate surface area is 129 Å². The third-order valence-corrected chi connectivity index (χ3v) is 7.78. The maximum atomic E-state index is 12.7. The molecule has 1 aromatic rings. The molecule has 7 heteroatoms. The SMILES string of the molecule is N#Cc1ccc(S(=O)(=O)N2CCCC3(CCCNC3)C2)s1. The van der Waals surface area contributed by atoms with Crippen LogP contribution in [0, 0.1) is 16.7 Å². The molecule has 3 rings (SSSR count). The largest absolute Gasteiger partial charge is 0.316 e. The van der Waals surface area contributed by atoms with E-state index in [1.54, 1.807) is 16.4 Å². The highest BCUT2D eigenvalue weighted by Gasteiger charge is 2.41. The lowest BCUT2D eigenvalue weighted by atomic mass is 9.75. The molecule has 2 aliphatic heterocycles. The molecule has 1 atom stereocenters. The van der Waals surface area contributed by atoms with Gasteiger partial charge in [0.15, 0.2) is 0 Å². The number of nitrogens with one attached hydrogen (secondary N) is 1. The Morgan fingerprint density at radius 1 is 1.33 bits per heavy atom. The molecular formula is C14H19N3O2S2.